The van der Waals surface area contributed by atoms with Gasteiger partial charge < -0.3 is 9.47 Å². The number of carbonyl (C=O) groups is 1. The Morgan fingerprint density at radius 3 is 2.58 bits per heavy atom. The molecule has 0 heterocycles. The first-order valence-electron chi connectivity index (χ1n) is 7.88. The van der Waals surface area contributed by atoms with E-state index in [1.807, 2.05) is 36.4 Å². The van der Waals surface area contributed by atoms with Crippen molar-refractivity contribution >= 4 is 30.4 Å². The molecule has 0 unspecified atom stereocenters. The minimum Gasteiger partial charge on any atom is -0.490 e. The molecule has 0 bridgehead atoms. The van der Waals surface area contributed by atoms with Gasteiger partial charge in [-0.2, -0.15) is 24.4 Å². The van der Waals surface area contributed by atoms with Gasteiger partial charge in [-0.15, -0.1) is 0 Å². The number of thiol groups is 1. The van der Waals surface area contributed by atoms with Crippen molar-refractivity contribution in [2.24, 2.45) is 0 Å². The van der Waals surface area contributed by atoms with Crippen molar-refractivity contribution in [1.29, 1.82) is 0 Å². The van der Waals surface area contributed by atoms with Crippen LogP contribution < -0.4 is 4.74 Å². The summed E-state index contributed by atoms with van der Waals surface area (Å²) in [4.78, 5) is 11.7. The highest BCUT2D eigenvalue weighted by Gasteiger charge is 2.03. The molecule has 0 saturated heterocycles. The lowest BCUT2D eigenvalue weighted by atomic mass is 10.2. The zero-order valence-corrected chi connectivity index (χ0v) is 15.2. The summed E-state index contributed by atoms with van der Waals surface area (Å²) in [5, 5.41) is 0. The van der Waals surface area contributed by atoms with E-state index < -0.39 is 0 Å². The normalized spacial score (nSPS) is 10.4. The molecule has 128 valence electrons. The Morgan fingerprint density at radius 1 is 1.00 bits per heavy atom. The molecule has 0 aliphatic carbocycles. The van der Waals surface area contributed by atoms with E-state index in [0.717, 1.165) is 23.0 Å². The van der Waals surface area contributed by atoms with Gasteiger partial charge in [0, 0.05) is 17.3 Å². The van der Waals surface area contributed by atoms with Crippen LogP contribution in [0.25, 0.3) is 0 Å². The number of hydrogen-bond acceptors (Lipinski definition) is 5. The van der Waals surface area contributed by atoms with E-state index in [2.05, 4.69) is 30.8 Å². The zero-order valence-electron chi connectivity index (χ0n) is 13.5. The molecule has 0 N–H and O–H groups in total. The predicted octanol–water partition coefficient (Wildman–Crippen LogP) is 4.36. The largest absolute Gasteiger partial charge is 0.490 e. The molecule has 0 fully saturated rings. The van der Waals surface area contributed by atoms with E-state index in [1.165, 1.54) is 11.1 Å². The van der Waals surface area contributed by atoms with E-state index in [1.54, 1.807) is 11.8 Å². The molecule has 3 nitrogen and oxygen atoms in total. The van der Waals surface area contributed by atoms with Gasteiger partial charge in [-0.3, -0.25) is 4.79 Å². The smallest absolute Gasteiger partial charge is 0.306 e. The number of rotatable bonds is 10. The highest BCUT2D eigenvalue weighted by atomic mass is 32.2. The Balaban J connectivity index is 1.53. The summed E-state index contributed by atoms with van der Waals surface area (Å²) in [7, 11) is 0. The van der Waals surface area contributed by atoms with Crippen molar-refractivity contribution in [2.75, 3.05) is 19.0 Å². The fraction of sp³-hybridized carbons (Fsp3) is 0.316. The molecule has 0 aliphatic rings. The van der Waals surface area contributed by atoms with Gasteiger partial charge in [-0.05, 0) is 23.3 Å². The number of thioether (sulfide) groups is 1. The third-order valence-corrected chi connectivity index (χ3v) is 4.65. The van der Waals surface area contributed by atoms with Gasteiger partial charge in [0.25, 0.3) is 0 Å². The molecule has 0 aromatic heterocycles. The lowest BCUT2D eigenvalue weighted by Gasteiger charge is -2.07. The molecule has 2 aromatic carbocycles. The monoisotopic (exact) mass is 362 g/mol. The third kappa shape index (κ3) is 7.32. The predicted molar refractivity (Wildman–Crippen MR) is 103 cm³/mol. The topological polar surface area (TPSA) is 35.5 Å². The van der Waals surface area contributed by atoms with Gasteiger partial charge in [-0.1, -0.05) is 42.5 Å². The van der Waals surface area contributed by atoms with Crippen molar-refractivity contribution in [3.8, 4) is 5.75 Å². The summed E-state index contributed by atoms with van der Waals surface area (Å²) in [5.74, 6) is 3.00. The van der Waals surface area contributed by atoms with Crippen molar-refractivity contribution in [2.45, 2.75) is 17.9 Å². The second-order valence-electron chi connectivity index (χ2n) is 5.16. The SMILES string of the molecule is O=C(CCSCc1cccc(CS)c1)OCCOc1ccccc1. The van der Waals surface area contributed by atoms with Crippen LogP contribution in [0.2, 0.25) is 0 Å². The lowest BCUT2D eigenvalue weighted by molar-refractivity contribution is -0.143. The molecule has 0 spiro atoms. The van der Waals surface area contributed by atoms with Crippen molar-refractivity contribution in [3.63, 3.8) is 0 Å². The molecule has 0 amide bonds. The maximum Gasteiger partial charge on any atom is 0.306 e. The first-order chi connectivity index (χ1) is 11.8. The van der Waals surface area contributed by atoms with Crippen LogP contribution in [0.15, 0.2) is 54.6 Å². The summed E-state index contributed by atoms with van der Waals surface area (Å²) in [6, 6.07) is 17.9. The summed E-state index contributed by atoms with van der Waals surface area (Å²) in [6.07, 6.45) is 0.419. The third-order valence-electron chi connectivity index (χ3n) is 3.25. The van der Waals surface area contributed by atoms with Crippen LogP contribution in [0.5, 0.6) is 5.75 Å². The number of benzene rings is 2. The summed E-state index contributed by atoms with van der Waals surface area (Å²) >= 11 is 6.01. The Bertz CT molecular complexity index is 617. The Kier molecular flexibility index (Phi) is 8.63. The second-order valence-corrected chi connectivity index (χ2v) is 6.58. The van der Waals surface area contributed by atoms with E-state index in [-0.39, 0.29) is 12.6 Å². The molecule has 0 aliphatic heterocycles. The maximum absolute atomic E-state index is 11.7. The minimum atomic E-state index is -0.178. The average molecular weight is 363 g/mol. The van der Waals surface area contributed by atoms with Crippen LogP contribution in [0.3, 0.4) is 0 Å². The molecule has 0 saturated carbocycles. The molecule has 24 heavy (non-hydrogen) atoms. The Hall–Kier alpha value is -1.59. The van der Waals surface area contributed by atoms with E-state index in [4.69, 9.17) is 9.47 Å². The van der Waals surface area contributed by atoms with Gasteiger partial charge in [0.1, 0.15) is 19.0 Å². The Morgan fingerprint density at radius 2 is 1.79 bits per heavy atom. The van der Waals surface area contributed by atoms with Gasteiger partial charge in [0.15, 0.2) is 0 Å². The van der Waals surface area contributed by atoms with Gasteiger partial charge in [0.05, 0.1) is 6.42 Å². The minimum absolute atomic E-state index is 0.178. The quantitative estimate of drug-likeness (QED) is 0.387. The zero-order chi connectivity index (χ0) is 17.0. The fourth-order valence-corrected chi connectivity index (χ4v) is 3.13. The summed E-state index contributed by atoms with van der Waals surface area (Å²) in [5.41, 5.74) is 2.48. The first kappa shape index (κ1) is 18.7. The van der Waals surface area contributed by atoms with Crippen LogP contribution in [0.1, 0.15) is 17.5 Å². The van der Waals surface area contributed by atoms with Gasteiger partial charge in [-0.25, -0.2) is 0 Å². The molecular formula is C19H22O3S2. The number of ether oxygens (including phenoxy) is 2. The van der Waals surface area contributed by atoms with Gasteiger partial charge >= 0.3 is 5.97 Å². The van der Waals surface area contributed by atoms with Crippen LogP contribution in [0, 0.1) is 0 Å². The summed E-state index contributed by atoms with van der Waals surface area (Å²) < 4.78 is 10.6. The van der Waals surface area contributed by atoms with Crippen molar-refractivity contribution < 1.29 is 14.3 Å². The van der Waals surface area contributed by atoms with Crippen LogP contribution in [-0.2, 0) is 21.0 Å². The molecule has 0 atom stereocenters. The number of carbonyl (C=O) groups excluding carboxylic acids is 1. The van der Waals surface area contributed by atoms with Gasteiger partial charge in [0.2, 0.25) is 0 Å². The standard InChI is InChI=1S/C19H22O3S2/c20-19(22-11-10-21-18-7-2-1-3-8-18)9-12-24-15-17-6-4-5-16(13-17)14-23/h1-8,13,23H,9-12,14-15H2. The highest BCUT2D eigenvalue weighted by Crippen LogP contribution is 2.15. The number of esters is 1. The molecule has 0 radical (unpaired) electrons. The lowest BCUT2D eigenvalue weighted by Crippen LogP contribution is -2.12. The van der Waals surface area contributed by atoms with E-state index in [9.17, 15) is 4.79 Å². The summed E-state index contributed by atoms with van der Waals surface area (Å²) in [6.45, 7) is 0.655. The first-order valence-corrected chi connectivity index (χ1v) is 9.66. The number of hydrogen-bond donors (Lipinski definition) is 1. The van der Waals surface area contributed by atoms with E-state index >= 15 is 0 Å². The van der Waals surface area contributed by atoms with Crippen LogP contribution >= 0.6 is 24.4 Å². The molecule has 2 rings (SSSR count). The maximum atomic E-state index is 11.7. The fourth-order valence-electron chi connectivity index (χ4n) is 2.07. The van der Waals surface area contributed by atoms with E-state index in [0.29, 0.717) is 13.0 Å². The molecular weight excluding hydrogens is 340 g/mol. The number of para-hydroxylation sites is 1. The molecule has 2 aromatic rings. The average Bonchev–Trinajstić information content (AvgIpc) is 2.63. The van der Waals surface area contributed by atoms with Crippen molar-refractivity contribution in [3.05, 3.63) is 65.7 Å². The Labute approximate surface area is 153 Å². The highest BCUT2D eigenvalue weighted by molar-refractivity contribution is 7.98. The molecule has 5 heteroatoms. The second kappa shape index (κ2) is 11.0. The van der Waals surface area contributed by atoms with Crippen LogP contribution in [0.4, 0.5) is 0 Å². The van der Waals surface area contributed by atoms with Crippen LogP contribution in [-0.4, -0.2) is 24.9 Å². The van der Waals surface area contributed by atoms with Crippen molar-refractivity contribution in [1.82, 2.24) is 0 Å².